The number of para-hydroxylation sites is 1. The number of fused-ring (bicyclic) bond motifs is 1. The number of benzene rings is 1. The Balaban J connectivity index is 1.59. The fourth-order valence-corrected chi connectivity index (χ4v) is 2.48. The molecule has 0 aliphatic heterocycles. The van der Waals surface area contributed by atoms with E-state index in [9.17, 15) is 4.79 Å². The van der Waals surface area contributed by atoms with E-state index < -0.39 is 0 Å². The van der Waals surface area contributed by atoms with Crippen molar-refractivity contribution in [3.63, 3.8) is 0 Å². The Kier molecular flexibility index (Phi) is 4.52. The van der Waals surface area contributed by atoms with Crippen molar-refractivity contribution < 1.29 is 4.79 Å². The van der Waals surface area contributed by atoms with E-state index >= 15 is 0 Å². The van der Waals surface area contributed by atoms with Crippen LogP contribution in [0.2, 0.25) is 0 Å². The molecule has 4 nitrogen and oxygen atoms in total. The highest BCUT2D eigenvalue weighted by molar-refractivity contribution is 6.00. The number of nitrogens with one attached hydrogen (secondary N) is 1. The Bertz CT molecular complexity index is 843. The van der Waals surface area contributed by atoms with E-state index in [4.69, 9.17) is 0 Å². The number of carbonyl (C=O) groups excluding carboxylic acids is 1. The second-order valence-corrected chi connectivity index (χ2v) is 5.41. The van der Waals surface area contributed by atoms with Gasteiger partial charge in [0.1, 0.15) is 0 Å². The number of anilines is 1. The van der Waals surface area contributed by atoms with Crippen molar-refractivity contribution in [2.24, 2.45) is 7.05 Å². The molecule has 4 heteroatoms. The van der Waals surface area contributed by atoms with Gasteiger partial charge in [-0.25, -0.2) is 0 Å². The summed E-state index contributed by atoms with van der Waals surface area (Å²) in [5.41, 5.74) is 2.71. The zero-order valence-corrected chi connectivity index (χ0v) is 13.1. The van der Waals surface area contributed by atoms with Gasteiger partial charge in [-0.2, -0.15) is 0 Å². The molecular weight excluding hydrogens is 286 g/mol. The van der Waals surface area contributed by atoms with Crippen LogP contribution >= 0.6 is 0 Å². The Labute approximate surface area is 135 Å². The second kappa shape index (κ2) is 6.92. The second-order valence-electron chi connectivity index (χ2n) is 5.41. The molecule has 2 aromatic heterocycles. The first-order valence-corrected chi connectivity index (χ1v) is 7.65. The highest BCUT2D eigenvalue weighted by Crippen LogP contribution is 2.20. The van der Waals surface area contributed by atoms with Crippen molar-refractivity contribution >= 4 is 28.6 Å². The molecule has 0 aliphatic carbocycles. The normalized spacial score (nSPS) is 11.2. The molecule has 1 amide bonds. The van der Waals surface area contributed by atoms with Gasteiger partial charge in [0.2, 0.25) is 5.91 Å². The van der Waals surface area contributed by atoms with E-state index in [-0.39, 0.29) is 5.91 Å². The number of aromatic nitrogens is 2. The Morgan fingerprint density at radius 1 is 1.22 bits per heavy atom. The van der Waals surface area contributed by atoms with Gasteiger partial charge in [0, 0.05) is 36.9 Å². The molecule has 3 rings (SSSR count). The van der Waals surface area contributed by atoms with Gasteiger partial charge in [0.25, 0.3) is 0 Å². The number of pyridine rings is 1. The van der Waals surface area contributed by atoms with Crippen molar-refractivity contribution in [3.05, 3.63) is 66.6 Å². The van der Waals surface area contributed by atoms with E-state index in [1.165, 1.54) is 0 Å². The number of hydrogen-bond donors (Lipinski definition) is 1. The zero-order valence-electron chi connectivity index (χ0n) is 13.1. The van der Waals surface area contributed by atoms with Crippen LogP contribution in [0.25, 0.3) is 17.0 Å². The van der Waals surface area contributed by atoms with Crippen LogP contribution in [0.1, 0.15) is 18.5 Å². The lowest BCUT2D eigenvalue weighted by molar-refractivity contribution is -0.116. The molecule has 116 valence electrons. The highest BCUT2D eigenvalue weighted by Gasteiger charge is 2.05. The maximum absolute atomic E-state index is 12.1. The van der Waals surface area contributed by atoms with Gasteiger partial charge >= 0.3 is 0 Å². The summed E-state index contributed by atoms with van der Waals surface area (Å²) in [5.74, 6) is -0.000292. The van der Waals surface area contributed by atoms with E-state index in [0.717, 1.165) is 22.3 Å². The quantitative estimate of drug-likeness (QED) is 0.774. The lowest BCUT2D eigenvalue weighted by Crippen LogP contribution is -2.11. The summed E-state index contributed by atoms with van der Waals surface area (Å²) in [6.45, 7) is 0. The minimum absolute atomic E-state index is 0.000292. The molecule has 0 unspecified atom stereocenters. The zero-order chi connectivity index (χ0) is 16.1. The maximum atomic E-state index is 12.1. The summed E-state index contributed by atoms with van der Waals surface area (Å²) in [7, 11) is 2.00. The third-order valence-corrected chi connectivity index (χ3v) is 3.72. The highest BCUT2D eigenvalue weighted by atomic mass is 16.1. The topological polar surface area (TPSA) is 46.9 Å². The van der Waals surface area contributed by atoms with Gasteiger partial charge < -0.3 is 9.88 Å². The molecule has 0 bridgehead atoms. The Morgan fingerprint density at radius 2 is 2.09 bits per heavy atom. The van der Waals surface area contributed by atoms with Crippen LogP contribution in [0.4, 0.5) is 5.69 Å². The van der Waals surface area contributed by atoms with Gasteiger partial charge in [-0.1, -0.05) is 24.3 Å². The number of aryl methyl sites for hydroxylation is 1. The number of hydrogen-bond acceptors (Lipinski definition) is 2. The molecule has 0 aliphatic rings. The van der Waals surface area contributed by atoms with Gasteiger partial charge in [-0.05, 0) is 36.8 Å². The minimum Gasteiger partial charge on any atom is -0.351 e. The summed E-state index contributed by atoms with van der Waals surface area (Å²) < 4.78 is 2.04. The van der Waals surface area contributed by atoms with Crippen molar-refractivity contribution in [2.75, 3.05) is 5.32 Å². The molecule has 1 N–H and O–H groups in total. The number of nitrogens with zero attached hydrogens (tertiary/aromatic N) is 2. The van der Waals surface area contributed by atoms with Crippen LogP contribution in [0.15, 0.2) is 60.9 Å². The van der Waals surface area contributed by atoms with E-state index in [1.54, 1.807) is 6.20 Å². The molecule has 0 fully saturated rings. The Hall–Kier alpha value is -2.88. The third kappa shape index (κ3) is 3.66. The molecule has 2 heterocycles. The van der Waals surface area contributed by atoms with E-state index in [2.05, 4.69) is 10.3 Å². The third-order valence-electron chi connectivity index (χ3n) is 3.72. The van der Waals surface area contributed by atoms with Crippen molar-refractivity contribution in [2.45, 2.75) is 12.8 Å². The fraction of sp³-hybridized carbons (Fsp3) is 0.158. The molecule has 0 radical (unpaired) electrons. The smallest absolute Gasteiger partial charge is 0.224 e. The number of allylic oxidation sites excluding steroid dienone is 1. The van der Waals surface area contributed by atoms with Crippen LogP contribution in [0.3, 0.4) is 0 Å². The number of rotatable bonds is 5. The van der Waals surface area contributed by atoms with E-state index in [0.29, 0.717) is 12.8 Å². The first-order chi connectivity index (χ1) is 11.2. The molecule has 1 aromatic carbocycles. The van der Waals surface area contributed by atoms with Crippen LogP contribution in [-0.2, 0) is 11.8 Å². The van der Waals surface area contributed by atoms with Crippen molar-refractivity contribution in [1.29, 1.82) is 0 Å². The first-order valence-electron chi connectivity index (χ1n) is 7.65. The van der Waals surface area contributed by atoms with Crippen LogP contribution in [-0.4, -0.2) is 15.5 Å². The van der Waals surface area contributed by atoms with Crippen molar-refractivity contribution in [1.82, 2.24) is 9.55 Å². The van der Waals surface area contributed by atoms with E-state index in [1.807, 2.05) is 72.4 Å². The lowest BCUT2D eigenvalue weighted by Gasteiger charge is -2.07. The van der Waals surface area contributed by atoms with Gasteiger partial charge in [-0.15, -0.1) is 0 Å². The predicted octanol–water partition coefficient (Wildman–Crippen LogP) is 4.01. The molecule has 0 spiro atoms. The summed E-state index contributed by atoms with van der Waals surface area (Å²) in [4.78, 5) is 16.4. The summed E-state index contributed by atoms with van der Waals surface area (Å²) in [6.07, 6.45) is 8.95. The SMILES string of the molecule is Cn1cccc1/C=C\CCC(=O)Nc1cccc2cccnc12. The van der Waals surface area contributed by atoms with Crippen LogP contribution < -0.4 is 5.32 Å². The average molecular weight is 305 g/mol. The molecule has 3 aromatic rings. The largest absolute Gasteiger partial charge is 0.351 e. The summed E-state index contributed by atoms with van der Waals surface area (Å²) in [5, 5.41) is 3.97. The minimum atomic E-state index is -0.000292. The molecule has 0 saturated heterocycles. The Morgan fingerprint density at radius 3 is 2.91 bits per heavy atom. The lowest BCUT2D eigenvalue weighted by atomic mass is 10.2. The molecule has 23 heavy (non-hydrogen) atoms. The maximum Gasteiger partial charge on any atom is 0.224 e. The van der Waals surface area contributed by atoms with Crippen LogP contribution in [0.5, 0.6) is 0 Å². The predicted molar refractivity (Wildman–Crippen MR) is 94.1 cm³/mol. The summed E-state index contributed by atoms with van der Waals surface area (Å²) >= 11 is 0. The molecule has 0 saturated carbocycles. The van der Waals surface area contributed by atoms with Gasteiger partial charge in [0.05, 0.1) is 11.2 Å². The average Bonchev–Trinajstić information content (AvgIpc) is 2.97. The van der Waals surface area contributed by atoms with Crippen molar-refractivity contribution in [3.8, 4) is 0 Å². The van der Waals surface area contributed by atoms with Gasteiger partial charge in [-0.3, -0.25) is 9.78 Å². The fourth-order valence-electron chi connectivity index (χ4n) is 2.48. The monoisotopic (exact) mass is 305 g/mol. The van der Waals surface area contributed by atoms with Gasteiger partial charge in [0.15, 0.2) is 0 Å². The number of amides is 1. The first kappa shape index (κ1) is 15.0. The molecule has 0 atom stereocenters. The standard InChI is InChI=1S/C19H19N3O/c1-22-14-6-10-16(22)9-2-3-12-18(23)21-17-11-4-7-15-8-5-13-20-19(15)17/h2,4-11,13-14H,3,12H2,1H3,(H,21,23)/b9-2-. The summed E-state index contributed by atoms with van der Waals surface area (Å²) in [6, 6.07) is 13.7. The number of carbonyl (C=O) groups is 1. The molecular formula is C19H19N3O. The van der Waals surface area contributed by atoms with Crippen LogP contribution in [0, 0.1) is 0 Å².